The normalized spacial score (nSPS) is 11.1. The van der Waals surface area contributed by atoms with Crippen LogP contribution in [0.3, 0.4) is 0 Å². The molecular formula is C45H25N5. The van der Waals surface area contributed by atoms with Crippen molar-refractivity contribution in [1.82, 2.24) is 9.13 Å². The molecule has 2 aromatic heterocycles. The van der Waals surface area contributed by atoms with Crippen LogP contribution in [-0.4, -0.2) is 9.13 Å². The number of rotatable bonds is 4. The first kappa shape index (κ1) is 28.8. The van der Waals surface area contributed by atoms with Crippen LogP contribution in [0.5, 0.6) is 0 Å². The van der Waals surface area contributed by atoms with E-state index in [1.807, 2.05) is 83.4 Å². The smallest absolute Gasteiger partial charge is 0.101 e. The second-order valence-corrected chi connectivity index (χ2v) is 12.3. The summed E-state index contributed by atoms with van der Waals surface area (Å²) in [6.45, 7) is 0. The number of hydrogen-bond acceptors (Lipinski definition) is 3. The summed E-state index contributed by atoms with van der Waals surface area (Å²) in [5.41, 5.74) is 11.3. The first-order chi connectivity index (χ1) is 24.7. The van der Waals surface area contributed by atoms with E-state index < -0.39 is 0 Å². The number of nitriles is 3. The van der Waals surface area contributed by atoms with Crippen LogP contribution in [-0.2, 0) is 0 Å². The fraction of sp³-hybridized carbons (Fsp3) is 0. The highest BCUT2D eigenvalue weighted by atomic mass is 15.0. The Balaban J connectivity index is 1.20. The van der Waals surface area contributed by atoms with Gasteiger partial charge in [0.25, 0.3) is 0 Å². The van der Waals surface area contributed by atoms with Gasteiger partial charge in [-0.05, 0) is 77.4 Å². The van der Waals surface area contributed by atoms with E-state index in [4.69, 9.17) is 0 Å². The van der Waals surface area contributed by atoms with Crippen LogP contribution in [0.15, 0.2) is 152 Å². The summed E-state index contributed by atoms with van der Waals surface area (Å²) in [5, 5.41) is 34.3. The minimum Gasteiger partial charge on any atom is -0.309 e. The number of fused-ring (bicyclic) bond motifs is 6. The fourth-order valence-electron chi connectivity index (χ4n) is 7.44. The lowest BCUT2D eigenvalue weighted by molar-refractivity contribution is 1.16. The van der Waals surface area contributed by atoms with Gasteiger partial charge in [-0.2, -0.15) is 15.8 Å². The van der Waals surface area contributed by atoms with E-state index in [0.717, 1.165) is 77.2 Å². The highest BCUT2D eigenvalue weighted by Gasteiger charge is 2.19. The van der Waals surface area contributed by atoms with Crippen molar-refractivity contribution >= 4 is 43.6 Å². The zero-order valence-electron chi connectivity index (χ0n) is 26.7. The van der Waals surface area contributed by atoms with Crippen molar-refractivity contribution < 1.29 is 0 Å². The lowest BCUT2D eigenvalue weighted by Crippen LogP contribution is -1.99. The van der Waals surface area contributed by atoms with E-state index in [0.29, 0.717) is 16.7 Å². The zero-order chi connectivity index (χ0) is 33.8. The van der Waals surface area contributed by atoms with Crippen LogP contribution in [0, 0.1) is 34.0 Å². The van der Waals surface area contributed by atoms with Crippen molar-refractivity contribution in [1.29, 1.82) is 15.8 Å². The van der Waals surface area contributed by atoms with E-state index in [1.54, 1.807) is 0 Å². The third-order valence-corrected chi connectivity index (χ3v) is 9.63. The van der Waals surface area contributed by atoms with Gasteiger partial charge in [0, 0.05) is 27.1 Å². The van der Waals surface area contributed by atoms with Crippen LogP contribution < -0.4 is 0 Å². The van der Waals surface area contributed by atoms with Crippen molar-refractivity contribution in [2.45, 2.75) is 0 Å². The monoisotopic (exact) mass is 635 g/mol. The minimum atomic E-state index is 0.519. The second-order valence-electron chi connectivity index (χ2n) is 12.3. The number of para-hydroxylation sites is 4. The van der Waals surface area contributed by atoms with Crippen LogP contribution >= 0.6 is 0 Å². The molecule has 0 saturated carbocycles. The summed E-state index contributed by atoms with van der Waals surface area (Å²) in [6.07, 6.45) is 0. The van der Waals surface area contributed by atoms with Crippen molar-refractivity contribution in [3.8, 4) is 51.8 Å². The Labute approximate surface area is 287 Å². The number of benzene rings is 7. The highest BCUT2D eigenvalue weighted by molar-refractivity contribution is 6.12. The Kier molecular flexibility index (Phi) is 6.56. The zero-order valence-corrected chi connectivity index (χ0v) is 26.7. The molecule has 230 valence electrons. The summed E-state index contributed by atoms with van der Waals surface area (Å²) in [7, 11) is 0. The summed E-state index contributed by atoms with van der Waals surface area (Å²) >= 11 is 0. The standard InChI is InChI=1S/C45H25N5/c46-26-29-19-21-44-39(23-29)37-14-3-5-17-42(37)49(44)41-16-4-1-12-35(41)32-10-7-9-30(24-32)31-20-22-40(34(25-31)28-48)50-43-18-6-2-13-36(43)38-15-8-11-33(27-47)45(38)50/h1-25H. The Morgan fingerprint density at radius 2 is 1.02 bits per heavy atom. The van der Waals surface area contributed by atoms with Gasteiger partial charge in [-0.1, -0.05) is 91.0 Å². The topological polar surface area (TPSA) is 81.2 Å². The molecule has 0 saturated heterocycles. The molecule has 9 aromatic rings. The summed E-state index contributed by atoms with van der Waals surface area (Å²) in [5.74, 6) is 0. The maximum Gasteiger partial charge on any atom is 0.101 e. The van der Waals surface area contributed by atoms with Gasteiger partial charge in [-0.15, -0.1) is 0 Å². The summed E-state index contributed by atoms with van der Waals surface area (Å²) in [4.78, 5) is 0. The quantitative estimate of drug-likeness (QED) is 0.193. The molecule has 0 N–H and O–H groups in total. The predicted molar refractivity (Wildman–Crippen MR) is 200 cm³/mol. The molecule has 0 atom stereocenters. The van der Waals surface area contributed by atoms with Crippen LogP contribution in [0.1, 0.15) is 16.7 Å². The Bertz CT molecular complexity index is 2970. The predicted octanol–water partition coefficient (Wildman–Crippen LogP) is 10.8. The summed E-state index contributed by atoms with van der Waals surface area (Å²) in [6, 6.07) is 57.9. The van der Waals surface area contributed by atoms with Gasteiger partial charge in [-0.3, -0.25) is 0 Å². The first-order valence-corrected chi connectivity index (χ1v) is 16.3. The summed E-state index contributed by atoms with van der Waals surface area (Å²) < 4.78 is 4.32. The minimum absolute atomic E-state index is 0.519. The maximum atomic E-state index is 10.5. The number of nitrogens with zero attached hydrogens (tertiary/aromatic N) is 5. The van der Waals surface area contributed by atoms with E-state index in [-0.39, 0.29) is 0 Å². The molecule has 5 nitrogen and oxygen atoms in total. The van der Waals surface area contributed by atoms with Gasteiger partial charge >= 0.3 is 0 Å². The van der Waals surface area contributed by atoms with Crippen LogP contribution in [0.4, 0.5) is 0 Å². The number of aromatic nitrogens is 2. The molecule has 0 fully saturated rings. The van der Waals surface area contributed by atoms with Crippen molar-refractivity contribution in [3.63, 3.8) is 0 Å². The van der Waals surface area contributed by atoms with Crippen molar-refractivity contribution in [2.75, 3.05) is 0 Å². The third kappa shape index (κ3) is 4.31. The van der Waals surface area contributed by atoms with Gasteiger partial charge in [0.05, 0.1) is 56.2 Å². The van der Waals surface area contributed by atoms with E-state index in [9.17, 15) is 15.8 Å². The molecule has 0 aliphatic heterocycles. The van der Waals surface area contributed by atoms with Gasteiger partial charge in [0.1, 0.15) is 12.1 Å². The molecule has 2 heterocycles. The number of hydrogen-bond donors (Lipinski definition) is 0. The third-order valence-electron chi connectivity index (χ3n) is 9.63. The van der Waals surface area contributed by atoms with Crippen LogP contribution in [0.25, 0.3) is 77.2 Å². The lowest BCUT2D eigenvalue weighted by atomic mass is 9.96. The molecule has 7 aromatic carbocycles. The molecule has 5 heteroatoms. The fourth-order valence-corrected chi connectivity index (χ4v) is 7.44. The molecule has 50 heavy (non-hydrogen) atoms. The molecular weight excluding hydrogens is 611 g/mol. The maximum absolute atomic E-state index is 10.5. The lowest BCUT2D eigenvalue weighted by Gasteiger charge is -2.15. The van der Waals surface area contributed by atoms with Gasteiger partial charge in [0.15, 0.2) is 0 Å². The largest absolute Gasteiger partial charge is 0.309 e. The average Bonchev–Trinajstić information content (AvgIpc) is 3.70. The van der Waals surface area contributed by atoms with E-state index >= 15 is 0 Å². The van der Waals surface area contributed by atoms with Crippen LogP contribution in [0.2, 0.25) is 0 Å². The molecule has 0 bridgehead atoms. The molecule has 0 aliphatic carbocycles. The van der Waals surface area contributed by atoms with E-state index in [2.05, 4.69) is 95.6 Å². The molecule has 0 radical (unpaired) electrons. The Morgan fingerprint density at radius 3 is 1.82 bits per heavy atom. The first-order valence-electron chi connectivity index (χ1n) is 16.3. The SMILES string of the molecule is N#Cc1ccc2c(c1)c1ccccc1n2-c1ccccc1-c1cccc(-c2ccc(-n3c4ccccc4c4cccc(C#N)c43)c(C#N)c2)c1. The highest BCUT2D eigenvalue weighted by Crippen LogP contribution is 2.39. The molecule has 9 rings (SSSR count). The molecule has 0 amide bonds. The Morgan fingerprint density at radius 1 is 0.380 bits per heavy atom. The van der Waals surface area contributed by atoms with Gasteiger partial charge in [0.2, 0.25) is 0 Å². The van der Waals surface area contributed by atoms with Crippen molar-refractivity contribution in [3.05, 3.63) is 168 Å². The molecule has 0 spiro atoms. The van der Waals surface area contributed by atoms with Gasteiger partial charge in [-0.25, -0.2) is 0 Å². The van der Waals surface area contributed by atoms with E-state index in [1.165, 1.54) is 0 Å². The molecule has 0 unspecified atom stereocenters. The van der Waals surface area contributed by atoms with Crippen molar-refractivity contribution in [2.24, 2.45) is 0 Å². The average molecular weight is 636 g/mol. The molecule has 0 aliphatic rings. The second kappa shape index (κ2) is 11.4. The Hall–Kier alpha value is -7.39. The van der Waals surface area contributed by atoms with Gasteiger partial charge < -0.3 is 9.13 Å².